The Morgan fingerprint density at radius 2 is 2.16 bits per heavy atom. The Morgan fingerprint density at radius 3 is 2.84 bits per heavy atom. The van der Waals surface area contributed by atoms with E-state index in [2.05, 4.69) is 4.98 Å². The summed E-state index contributed by atoms with van der Waals surface area (Å²) < 4.78 is 18.7. The summed E-state index contributed by atoms with van der Waals surface area (Å²) in [6.07, 6.45) is 2.55. The molecule has 4 heteroatoms. The number of nitrogens with zero attached hydrogens (tertiary/aromatic N) is 1. The molecule has 19 heavy (non-hydrogen) atoms. The largest absolute Gasteiger partial charge is 0.496 e. The molecule has 0 saturated heterocycles. The van der Waals surface area contributed by atoms with Crippen molar-refractivity contribution in [3.8, 4) is 5.75 Å². The van der Waals surface area contributed by atoms with Crippen LogP contribution in [0.5, 0.6) is 5.75 Å². The van der Waals surface area contributed by atoms with Gasteiger partial charge in [0, 0.05) is 18.2 Å². The summed E-state index contributed by atoms with van der Waals surface area (Å²) in [5.41, 5.74) is 1.83. The van der Waals surface area contributed by atoms with E-state index in [0.29, 0.717) is 5.75 Å². The topological polar surface area (TPSA) is 39.2 Å². The van der Waals surface area contributed by atoms with E-state index >= 15 is 0 Å². The molecule has 0 aliphatic carbocycles. The number of aromatic nitrogens is 1. The van der Waals surface area contributed by atoms with E-state index in [4.69, 9.17) is 4.74 Å². The van der Waals surface area contributed by atoms with Crippen LogP contribution in [0.15, 0.2) is 36.7 Å². The number of carbonyl (C=O) groups is 1. The molecule has 1 aromatic carbocycles. The SMILES string of the molecule is COc1ccc(C)cc1CC(=O)c1ccncc1F. The number of Topliss-reactive ketones (excluding diaryl/α,β-unsaturated/α-hetero) is 1. The zero-order valence-corrected chi connectivity index (χ0v) is 10.8. The number of benzene rings is 1. The third kappa shape index (κ3) is 2.96. The Hall–Kier alpha value is -2.23. The lowest BCUT2D eigenvalue weighted by Gasteiger charge is -2.09. The van der Waals surface area contributed by atoms with E-state index in [1.165, 1.54) is 12.3 Å². The molecule has 2 rings (SSSR count). The number of ether oxygens (including phenoxy) is 1. The summed E-state index contributed by atoms with van der Waals surface area (Å²) >= 11 is 0. The van der Waals surface area contributed by atoms with Crippen LogP contribution in [-0.2, 0) is 6.42 Å². The first-order valence-electron chi connectivity index (χ1n) is 5.88. The number of aryl methyl sites for hydroxylation is 1. The van der Waals surface area contributed by atoms with Gasteiger partial charge in [-0.3, -0.25) is 9.78 Å². The predicted octanol–water partition coefficient (Wildman–Crippen LogP) is 2.96. The highest BCUT2D eigenvalue weighted by Crippen LogP contribution is 2.22. The zero-order valence-electron chi connectivity index (χ0n) is 10.8. The van der Waals surface area contributed by atoms with Crippen LogP contribution in [0, 0.1) is 12.7 Å². The Bertz CT molecular complexity index is 611. The smallest absolute Gasteiger partial charge is 0.170 e. The summed E-state index contributed by atoms with van der Waals surface area (Å²) in [4.78, 5) is 15.7. The number of ketones is 1. The van der Waals surface area contributed by atoms with Gasteiger partial charge in [0.2, 0.25) is 0 Å². The fraction of sp³-hybridized carbons (Fsp3) is 0.200. The number of hydrogen-bond acceptors (Lipinski definition) is 3. The number of rotatable bonds is 4. The highest BCUT2D eigenvalue weighted by Gasteiger charge is 2.14. The van der Waals surface area contributed by atoms with Crippen molar-refractivity contribution in [2.24, 2.45) is 0 Å². The van der Waals surface area contributed by atoms with Gasteiger partial charge >= 0.3 is 0 Å². The number of pyridine rings is 1. The van der Waals surface area contributed by atoms with Gasteiger partial charge in [-0.1, -0.05) is 17.7 Å². The Labute approximate surface area is 111 Å². The molecule has 1 aromatic heterocycles. The van der Waals surface area contributed by atoms with Gasteiger partial charge in [-0.15, -0.1) is 0 Å². The van der Waals surface area contributed by atoms with Crippen LogP contribution in [-0.4, -0.2) is 17.9 Å². The Balaban J connectivity index is 2.29. The monoisotopic (exact) mass is 259 g/mol. The van der Waals surface area contributed by atoms with Gasteiger partial charge in [0.25, 0.3) is 0 Å². The lowest BCUT2D eigenvalue weighted by molar-refractivity contribution is 0.0988. The van der Waals surface area contributed by atoms with Crippen molar-refractivity contribution in [3.05, 3.63) is 59.2 Å². The molecule has 1 heterocycles. The van der Waals surface area contributed by atoms with Crippen molar-refractivity contribution in [2.75, 3.05) is 7.11 Å². The molecule has 0 aliphatic heterocycles. The van der Waals surface area contributed by atoms with E-state index < -0.39 is 5.82 Å². The van der Waals surface area contributed by atoms with E-state index in [1.807, 2.05) is 19.1 Å². The third-order valence-corrected chi connectivity index (χ3v) is 2.86. The second-order valence-corrected chi connectivity index (χ2v) is 4.27. The quantitative estimate of drug-likeness (QED) is 0.792. The van der Waals surface area contributed by atoms with Crippen LogP contribution in [0.3, 0.4) is 0 Å². The van der Waals surface area contributed by atoms with Crippen LogP contribution in [0.25, 0.3) is 0 Å². The molecular formula is C15H14FNO2. The van der Waals surface area contributed by atoms with Crippen molar-refractivity contribution < 1.29 is 13.9 Å². The normalized spacial score (nSPS) is 10.3. The molecule has 0 amide bonds. The minimum atomic E-state index is -0.598. The van der Waals surface area contributed by atoms with Crippen LogP contribution < -0.4 is 4.74 Å². The Kier molecular flexibility index (Phi) is 3.90. The lowest BCUT2D eigenvalue weighted by Crippen LogP contribution is -2.07. The van der Waals surface area contributed by atoms with Gasteiger partial charge in [0.1, 0.15) is 5.75 Å². The van der Waals surface area contributed by atoms with Crippen molar-refractivity contribution in [3.63, 3.8) is 0 Å². The van der Waals surface area contributed by atoms with Crippen molar-refractivity contribution >= 4 is 5.78 Å². The number of methoxy groups -OCH3 is 1. The molecule has 98 valence electrons. The van der Waals surface area contributed by atoms with Gasteiger partial charge < -0.3 is 4.74 Å². The molecule has 0 aliphatic rings. The third-order valence-electron chi connectivity index (χ3n) is 2.86. The average molecular weight is 259 g/mol. The highest BCUT2D eigenvalue weighted by atomic mass is 19.1. The first kappa shape index (κ1) is 13.2. The first-order chi connectivity index (χ1) is 9.11. The molecule has 0 atom stereocenters. The minimum absolute atomic E-state index is 0.0542. The lowest BCUT2D eigenvalue weighted by atomic mass is 10.0. The molecule has 3 nitrogen and oxygen atoms in total. The van der Waals surface area contributed by atoms with Gasteiger partial charge in [-0.2, -0.15) is 0 Å². The number of halogens is 1. The maximum absolute atomic E-state index is 13.5. The molecule has 0 bridgehead atoms. The van der Waals surface area contributed by atoms with Crippen molar-refractivity contribution in [2.45, 2.75) is 13.3 Å². The molecule has 0 saturated carbocycles. The van der Waals surface area contributed by atoms with Crippen LogP contribution >= 0.6 is 0 Å². The van der Waals surface area contributed by atoms with Crippen LogP contribution in [0.1, 0.15) is 21.5 Å². The van der Waals surface area contributed by atoms with Gasteiger partial charge in [0.05, 0.1) is 18.9 Å². The Morgan fingerprint density at radius 1 is 1.37 bits per heavy atom. The molecule has 0 fully saturated rings. The molecule has 2 aromatic rings. The minimum Gasteiger partial charge on any atom is -0.496 e. The van der Waals surface area contributed by atoms with Crippen LogP contribution in [0.2, 0.25) is 0 Å². The van der Waals surface area contributed by atoms with E-state index in [9.17, 15) is 9.18 Å². The van der Waals surface area contributed by atoms with Gasteiger partial charge in [-0.05, 0) is 19.1 Å². The summed E-state index contributed by atoms with van der Waals surface area (Å²) in [5, 5.41) is 0. The predicted molar refractivity (Wildman–Crippen MR) is 70.0 cm³/mol. The first-order valence-corrected chi connectivity index (χ1v) is 5.88. The summed E-state index contributed by atoms with van der Waals surface area (Å²) in [7, 11) is 1.55. The number of hydrogen-bond donors (Lipinski definition) is 0. The molecule has 0 spiro atoms. The molecule has 0 unspecified atom stereocenters. The summed E-state index contributed by atoms with van der Waals surface area (Å²) in [6.45, 7) is 1.93. The summed E-state index contributed by atoms with van der Waals surface area (Å²) in [6, 6.07) is 6.97. The zero-order chi connectivity index (χ0) is 13.8. The highest BCUT2D eigenvalue weighted by molar-refractivity contribution is 5.97. The number of carbonyl (C=O) groups excluding carboxylic acids is 1. The fourth-order valence-corrected chi connectivity index (χ4v) is 1.92. The molecule has 0 N–H and O–H groups in total. The van der Waals surface area contributed by atoms with Gasteiger partial charge in [-0.25, -0.2) is 4.39 Å². The van der Waals surface area contributed by atoms with Crippen LogP contribution in [0.4, 0.5) is 4.39 Å². The van der Waals surface area contributed by atoms with Crippen molar-refractivity contribution in [1.29, 1.82) is 0 Å². The van der Waals surface area contributed by atoms with E-state index in [-0.39, 0.29) is 17.8 Å². The van der Waals surface area contributed by atoms with E-state index in [0.717, 1.165) is 17.3 Å². The second-order valence-electron chi connectivity index (χ2n) is 4.27. The maximum atomic E-state index is 13.5. The fourth-order valence-electron chi connectivity index (χ4n) is 1.92. The van der Waals surface area contributed by atoms with Crippen molar-refractivity contribution in [1.82, 2.24) is 4.98 Å². The summed E-state index contributed by atoms with van der Waals surface area (Å²) in [5.74, 6) is -0.253. The molecular weight excluding hydrogens is 245 g/mol. The molecule has 0 radical (unpaired) electrons. The van der Waals surface area contributed by atoms with E-state index in [1.54, 1.807) is 13.2 Å². The standard InChI is InChI=1S/C15H14FNO2/c1-10-3-4-15(19-2)11(7-10)8-14(18)12-5-6-17-9-13(12)16/h3-7,9H,8H2,1-2H3. The second kappa shape index (κ2) is 5.61. The average Bonchev–Trinajstić information content (AvgIpc) is 2.39. The maximum Gasteiger partial charge on any atom is 0.170 e. The van der Waals surface area contributed by atoms with Gasteiger partial charge in [0.15, 0.2) is 11.6 Å².